The molecule has 34 heavy (non-hydrogen) atoms. The number of nitrogens with one attached hydrogen (secondary N) is 1. The quantitative estimate of drug-likeness (QED) is 0.678. The average Bonchev–Trinajstić information content (AvgIpc) is 2.96. The number of anilines is 1. The van der Waals surface area contributed by atoms with Gasteiger partial charge in [-0.1, -0.05) is 39.0 Å². The number of carbonyl (C=O) groups is 2. The lowest BCUT2D eigenvalue weighted by Gasteiger charge is -2.30. The lowest BCUT2D eigenvalue weighted by molar-refractivity contribution is -0.126. The largest absolute Gasteiger partial charge is 0.352 e. The van der Waals surface area contributed by atoms with Gasteiger partial charge in [-0.15, -0.1) is 0 Å². The van der Waals surface area contributed by atoms with Crippen molar-refractivity contribution in [3.63, 3.8) is 0 Å². The number of nitrogens with zero attached hydrogens (tertiary/aromatic N) is 2. The van der Waals surface area contributed by atoms with E-state index in [4.69, 9.17) is 0 Å². The van der Waals surface area contributed by atoms with Crippen LogP contribution in [0.25, 0.3) is 0 Å². The molecule has 2 heterocycles. The molecule has 0 bridgehead atoms. The van der Waals surface area contributed by atoms with Crippen LogP contribution in [0.5, 0.6) is 0 Å². The second-order valence-electron chi connectivity index (χ2n) is 10.9. The van der Waals surface area contributed by atoms with Crippen LogP contribution in [0.4, 0.5) is 5.69 Å². The molecule has 1 aliphatic carbocycles. The highest BCUT2D eigenvalue weighted by atomic mass is 32.2. The van der Waals surface area contributed by atoms with E-state index in [1.54, 1.807) is 36.4 Å². The Bertz CT molecular complexity index is 1030. The predicted molar refractivity (Wildman–Crippen MR) is 133 cm³/mol. The van der Waals surface area contributed by atoms with Gasteiger partial charge in [0.25, 0.3) is 0 Å². The minimum atomic E-state index is -3.63. The normalized spacial score (nSPS) is 24.4. The molecule has 0 unspecified atom stereocenters. The van der Waals surface area contributed by atoms with Gasteiger partial charge in [0.1, 0.15) is 6.54 Å². The number of amides is 2. The van der Waals surface area contributed by atoms with Gasteiger partial charge in [0.05, 0.1) is 10.3 Å². The molecular formula is C26H39N3O4S. The number of carbonyl (C=O) groups excluding carboxylic acids is 2. The second-order valence-corrected chi connectivity index (χ2v) is 12.9. The van der Waals surface area contributed by atoms with E-state index >= 15 is 0 Å². The Balaban J connectivity index is 1.53. The van der Waals surface area contributed by atoms with Crippen molar-refractivity contribution in [1.29, 1.82) is 0 Å². The molecule has 3 aliphatic rings. The van der Waals surface area contributed by atoms with Crippen LogP contribution in [0.15, 0.2) is 23.1 Å². The van der Waals surface area contributed by atoms with Crippen molar-refractivity contribution in [2.24, 2.45) is 5.92 Å². The summed E-state index contributed by atoms with van der Waals surface area (Å²) in [5.41, 5.74) is 0.410. The summed E-state index contributed by atoms with van der Waals surface area (Å²) in [4.78, 5) is 27.9. The van der Waals surface area contributed by atoms with E-state index < -0.39 is 15.4 Å². The Hall–Kier alpha value is -1.93. The first kappa shape index (κ1) is 25.2. The summed E-state index contributed by atoms with van der Waals surface area (Å²) in [7, 11) is -3.63. The van der Waals surface area contributed by atoms with Gasteiger partial charge < -0.3 is 10.2 Å². The number of rotatable bonds is 5. The maximum atomic E-state index is 13.3. The zero-order valence-electron chi connectivity index (χ0n) is 20.8. The van der Waals surface area contributed by atoms with Crippen molar-refractivity contribution in [3.8, 4) is 0 Å². The van der Waals surface area contributed by atoms with Crippen LogP contribution < -0.4 is 10.2 Å². The smallest absolute Gasteiger partial charge is 0.243 e. The topological polar surface area (TPSA) is 86.8 Å². The lowest BCUT2D eigenvalue weighted by atomic mass is 9.86. The standard InChI is InChI=1S/C26H39N3O4S/c1-19-10-9-15-28(17-19)34(32,33)21-13-14-23-22(16-21)26(2,3)25(31)29(23)18-24(30)27-20-11-7-5-4-6-8-12-20/h13-14,16,19-20H,4-12,15,17-18H2,1-3H3,(H,27,30)/t19-/m0/s1. The minimum absolute atomic E-state index is 0.0402. The summed E-state index contributed by atoms with van der Waals surface area (Å²) < 4.78 is 28.2. The summed E-state index contributed by atoms with van der Waals surface area (Å²) in [5.74, 6) is 0.0147. The highest BCUT2D eigenvalue weighted by Crippen LogP contribution is 2.43. The summed E-state index contributed by atoms with van der Waals surface area (Å²) in [5, 5.41) is 3.14. The zero-order valence-corrected chi connectivity index (χ0v) is 21.6. The average molecular weight is 490 g/mol. The molecular weight excluding hydrogens is 450 g/mol. The summed E-state index contributed by atoms with van der Waals surface area (Å²) in [6.45, 7) is 6.70. The predicted octanol–water partition coefficient (Wildman–Crippen LogP) is 3.96. The first-order valence-corrected chi connectivity index (χ1v) is 14.3. The van der Waals surface area contributed by atoms with Crippen LogP contribution in [-0.2, 0) is 25.0 Å². The van der Waals surface area contributed by atoms with Crippen LogP contribution in [0.3, 0.4) is 0 Å². The monoisotopic (exact) mass is 489 g/mol. The molecule has 1 saturated carbocycles. The van der Waals surface area contributed by atoms with Gasteiger partial charge in [-0.25, -0.2) is 8.42 Å². The third-order valence-corrected chi connectivity index (χ3v) is 9.60. The second kappa shape index (κ2) is 9.97. The molecule has 4 rings (SSSR count). The van der Waals surface area contributed by atoms with E-state index in [0.29, 0.717) is 30.3 Å². The number of sulfonamides is 1. The molecule has 0 aromatic heterocycles. The maximum absolute atomic E-state index is 13.3. The van der Waals surface area contributed by atoms with E-state index in [2.05, 4.69) is 12.2 Å². The van der Waals surface area contributed by atoms with Gasteiger partial charge >= 0.3 is 0 Å². The van der Waals surface area contributed by atoms with Crippen LogP contribution in [0.2, 0.25) is 0 Å². The fraction of sp³-hybridized carbons (Fsp3) is 0.692. The lowest BCUT2D eigenvalue weighted by Crippen LogP contribution is -2.45. The molecule has 1 N–H and O–H groups in total. The fourth-order valence-electron chi connectivity index (χ4n) is 5.66. The van der Waals surface area contributed by atoms with Gasteiger partial charge in [-0.05, 0) is 69.2 Å². The molecule has 7 nitrogen and oxygen atoms in total. The van der Waals surface area contributed by atoms with E-state index in [0.717, 1.165) is 38.5 Å². The van der Waals surface area contributed by atoms with Gasteiger partial charge in [0, 0.05) is 24.8 Å². The number of piperidine rings is 1. The van der Waals surface area contributed by atoms with Crippen molar-refractivity contribution in [1.82, 2.24) is 9.62 Å². The van der Waals surface area contributed by atoms with Gasteiger partial charge in [-0.2, -0.15) is 4.31 Å². The number of hydrogen-bond acceptors (Lipinski definition) is 4. The third kappa shape index (κ3) is 5.03. The Kier molecular flexibility index (Phi) is 7.38. The van der Waals surface area contributed by atoms with Crippen molar-refractivity contribution in [2.45, 2.75) is 94.9 Å². The van der Waals surface area contributed by atoms with Crippen LogP contribution in [0, 0.1) is 5.92 Å². The Morgan fingerprint density at radius 3 is 2.41 bits per heavy atom. The number of hydrogen-bond donors (Lipinski definition) is 1. The third-order valence-electron chi connectivity index (χ3n) is 7.74. The van der Waals surface area contributed by atoms with Crippen molar-refractivity contribution >= 4 is 27.5 Å². The molecule has 2 amide bonds. The van der Waals surface area contributed by atoms with Crippen LogP contribution in [0.1, 0.15) is 84.1 Å². The molecule has 1 aromatic carbocycles. The van der Waals surface area contributed by atoms with E-state index in [1.807, 2.05) is 0 Å². The first-order valence-electron chi connectivity index (χ1n) is 12.9. The molecule has 8 heteroatoms. The van der Waals surface area contributed by atoms with E-state index in [1.165, 1.54) is 24.2 Å². The first-order chi connectivity index (χ1) is 16.1. The highest BCUT2D eigenvalue weighted by Gasteiger charge is 2.45. The molecule has 188 valence electrons. The molecule has 2 fully saturated rings. The zero-order chi connectivity index (χ0) is 24.5. The summed E-state index contributed by atoms with van der Waals surface area (Å²) >= 11 is 0. The fourth-order valence-corrected chi connectivity index (χ4v) is 7.29. The SMILES string of the molecule is C[C@H]1CCCN(S(=O)(=O)c2ccc3c(c2)C(C)(C)C(=O)N3CC(=O)NC2CCCCCCC2)C1. The Morgan fingerprint density at radius 2 is 1.74 bits per heavy atom. The van der Waals surface area contributed by atoms with E-state index in [9.17, 15) is 18.0 Å². The van der Waals surface area contributed by atoms with Crippen LogP contribution in [-0.4, -0.2) is 50.2 Å². The summed E-state index contributed by atoms with van der Waals surface area (Å²) in [6, 6.07) is 5.10. The molecule has 0 radical (unpaired) electrons. The Morgan fingerprint density at radius 1 is 1.06 bits per heavy atom. The maximum Gasteiger partial charge on any atom is 0.243 e. The van der Waals surface area contributed by atoms with Crippen LogP contribution >= 0.6 is 0 Å². The van der Waals surface area contributed by atoms with Crippen molar-refractivity contribution in [3.05, 3.63) is 23.8 Å². The molecule has 1 saturated heterocycles. The molecule has 1 aromatic rings. The Labute approximate surface area is 204 Å². The minimum Gasteiger partial charge on any atom is -0.352 e. The van der Waals surface area contributed by atoms with Crippen molar-refractivity contribution in [2.75, 3.05) is 24.5 Å². The van der Waals surface area contributed by atoms with Gasteiger partial charge in [0.2, 0.25) is 21.8 Å². The summed E-state index contributed by atoms with van der Waals surface area (Å²) in [6.07, 6.45) is 9.79. The van der Waals surface area contributed by atoms with Gasteiger partial charge in [0.15, 0.2) is 0 Å². The van der Waals surface area contributed by atoms with E-state index in [-0.39, 0.29) is 29.3 Å². The molecule has 0 spiro atoms. The highest BCUT2D eigenvalue weighted by molar-refractivity contribution is 7.89. The number of fused-ring (bicyclic) bond motifs is 1. The van der Waals surface area contributed by atoms with Gasteiger partial charge in [-0.3, -0.25) is 9.59 Å². The molecule has 2 aliphatic heterocycles. The van der Waals surface area contributed by atoms with Crippen molar-refractivity contribution < 1.29 is 18.0 Å². The number of benzene rings is 1. The molecule has 1 atom stereocenters.